The van der Waals surface area contributed by atoms with Crippen LogP contribution >= 0.6 is 0 Å². The Morgan fingerprint density at radius 3 is 2.38 bits per heavy atom. The Morgan fingerprint density at radius 2 is 1.75 bits per heavy atom. The predicted octanol–water partition coefficient (Wildman–Crippen LogP) is 4.05. The largest absolute Gasteiger partial charge is 0.264 e. The van der Waals surface area contributed by atoms with Crippen LogP contribution in [0.15, 0.2) is 48.6 Å². The van der Waals surface area contributed by atoms with E-state index >= 15 is 0 Å². The summed E-state index contributed by atoms with van der Waals surface area (Å²) in [6.45, 7) is 5.54. The molecule has 2 aromatic rings. The van der Waals surface area contributed by atoms with Crippen LogP contribution in [0.2, 0.25) is 0 Å². The van der Waals surface area contributed by atoms with Crippen LogP contribution in [0.25, 0.3) is 11.1 Å². The molecule has 0 aliphatic carbocycles. The lowest BCUT2D eigenvalue weighted by Gasteiger charge is -2.22. The number of pyridine rings is 1. The molecule has 0 fully saturated rings. The van der Waals surface area contributed by atoms with Gasteiger partial charge in [-0.1, -0.05) is 51.0 Å². The summed E-state index contributed by atoms with van der Waals surface area (Å²) in [5, 5.41) is 0. The molecule has 2 rings (SSSR count). The molecule has 1 nitrogen and oxygen atoms in total. The van der Waals surface area contributed by atoms with E-state index in [0.29, 0.717) is 11.1 Å². The lowest BCUT2D eigenvalue weighted by atomic mass is 9.83. The number of aromatic nitrogens is 1. The van der Waals surface area contributed by atoms with Gasteiger partial charge in [0.2, 0.25) is 0 Å². The maximum atomic E-state index is 8.13. The highest BCUT2D eigenvalue weighted by molar-refractivity contribution is 5.67. The molecular weight excluding hydrogens is 194 g/mol. The van der Waals surface area contributed by atoms with Crippen molar-refractivity contribution in [2.24, 2.45) is 0 Å². The van der Waals surface area contributed by atoms with Crippen molar-refractivity contribution in [2.45, 2.75) is 26.2 Å². The highest BCUT2D eigenvalue weighted by atomic mass is 14.6. The number of hydrogen-bond acceptors (Lipinski definition) is 1. The van der Waals surface area contributed by atoms with Gasteiger partial charge in [-0.15, -0.1) is 0 Å². The molecule has 0 aliphatic rings. The smallest absolute Gasteiger partial charge is 0.0840 e. The molecule has 0 aliphatic heterocycles. The minimum absolute atomic E-state index is 0.0157. The Kier molecular flexibility index (Phi) is 1.31. The fourth-order valence-corrected chi connectivity index (χ4v) is 1.48. The first kappa shape index (κ1) is 5.13. The molecule has 82 valence electrons. The first-order valence-electron chi connectivity index (χ1n) is 8.52. The van der Waals surface area contributed by atoms with Gasteiger partial charge in [-0.2, -0.15) is 0 Å². The lowest BCUT2D eigenvalue weighted by molar-refractivity contribution is 0.591. The molecule has 0 saturated carbocycles. The molecule has 1 heteroatoms. The second-order valence-corrected chi connectivity index (χ2v) is 4.53. The van der Waals surface area contributed by atoms with Crippen molar-refractivity contribution in [3.05, 3.63) is 54.2 Å². The molecule has 16 heavy (non-hydrogen) atoms. The summed E-state index contributed by atoms with van der Waals surface area (Å²) in [4.78, 5) is 3.84. The van der Waals surface area contributed by atoms with E-state index < -0.39 is 23.5 Å². The molecule has 0 saturated heterocycles. The minimum atomic E-state index is -0.548. The van der Waals surface area contributed by atoms with Gasteiger partial charge < -0.3 is 0 Å². The van der Waals surface area contributed by atoms with Crippen LogP contribution in [0, 0.1) is 0 Å². The Hall–Kier alpha value is -1.63. The van der Waals surface area contributed by atoms with Gasteiger partial charge >= 0.3 is 0 Å². The van der Waals surface area contributed by atoms with Gasteiger partial charge in [0, 0.05) is 17.9 Å². The summed E-state index contributed by atoms with van der Waals surface area (Å²) in [7, 11) is 0. The van der Waals surface area contributed by atoms with Crippen LogP contribution in [0.5, 0.6) is 0 Å². The molecule has 0 amide bonds. The van der Waals surface area contributed by atoms with E-state index in [1.54, 1.807) is 0 Å². The number of rotatable bonds is 1. The molecule has 0 unspecified atom stereocenters. The van der Waals surface area contributed by atoms with Crippen molar-refractivity contribution < 1.29 is 9.60 Å². The monoisotopic (exact) mass is 218 g/mol. The summed E-state index contributed by atoms with van der Waals surface area (Å²) in [5.41, 5.74) is 0.210. The SMILES string of the molecule is [2H]c1ncc(-c2c([2H])c([2H])c([2H])c([2H])c2[2H])c(C(C)(C)C)c1[2H]. The van der Waals surface area contributed by atoms with Crippen LogP contribution in [0.4, 0.5) is 0 Å². The molecule has 0 spiro atoms. The predicted molar refractivity (Wildman–Crippen MR) is 68.4 cm³/mol. The van der Waals surface area contributed by atoms with E-state index in [4.69, 9.17) is 9.60 Å². The summed E-state index contributed by atoms with van der Waals surface area (Å²) in [6, 6.07) is -2.08. The normalized spacial score (nSPS) is 17.6. The number of nitrogens with zero attached hydrogens (tertiary/aromatic N) is 1. The van der Waals surface area contributed by atoms with Gasteiger partial charge in [0.25, 0.3) is 0 Å². The molecule has 0 N–H and O–H groups in total. The van der Waals surface area contributed by atoms with E-state index in [9.17, 15) is 0 Å². The Balaban J connectivity index is 2.98. The zero-order valence-corrected chi connectivity index (χ0v) is 9.52. The molecule has 0 bridgehead atoms. The van der Waals surface area contributed by atoms with Crippen LogP contribution in [0.1, 0.15) is 35.9 Å². The number of hydrogen-bond donors (Lipinski definition) is 0. The van der Waals surface area contributed by atoms with Crippen molar-refractivity contribution >= 4 is 0 Å². The second kappa shape index (κ2) is 4.09. The van der Waals surface area contributed by atoms with Crippen molar-refractivity contribution in [1.82, 2.24) is 4.98 Å². The Bertz CT molecular complexity index is 765. The van der Waals surface area contributed by atoms with E-state index in [2.05, 4.69) is 4.98 Å². The van der Waals surface area contributed by atoms with Gasteiger partial charge in [-0.05, 0) is 22.6 Å². The van der Waals surface area contributed by atoms with Gasteiger partial charge in [0.05, 0.1) is 9.60 Å². The summed E-state index contributed by atoms with van der Waals surface area (Å²) in [6.07, 6.45) is 1.11. The minimum Gasteiger partial charge on any atom is -0.264 e. The molecule has 0 atom stereocenters. The zero-order valence-electron chi connectivity index (χ0n) is 16.5. The highest BCUT2D eigenvalue weighted by Crippen LogP contribution is 2.31. The number of benzene rings is 1. The maximum Gasteiger partial charge on any atom is 0.0840 e. The van der Waals surface area contributed by atoms with Crippen molar-refractivity contribution in [3.8, 4) is 11.1 Å². The summed E-state index contributed by atoms with van der Waals surface area (Å²) >= 11 is 0. The lowest BCUT2D eigenvalue weighted by Crippen LogP contribution is -2.12. The highest BCUT2D eigenvalue weighted by Gasteiger charge is 2.18. The Labute approximate surface area is 107 Å². The van der Waals surface area contributed by atoms with E-state index in [0.717, 1.165) is 0 Å². The van der Waals surface area contributed by atoms with Crippen LogP contribution in [-0.2, 0) is 5.41 Å². The van der Waals surface area contributed by atoms with Crippen molar-refractivity contribution in [2.75, 3.05) is 0 Å². The zero-order chi connectivity index (χ0) is 17.7. The third-order valence-electron chi connectivity index (χ3n) is 2.23. The van der Waals surface area contributed by atoms with E-state index in [1.165, 1.54) is 6.20 Å². The van der Waals surface area contributed by atoms with Gasteiger partial charge in [0.1, 0.15) is 0 Å². The van der Waals surface area contributed by atoms with Crippen LogP contribution in [-0.4, -0.2) is 4.98 Å². The fraction of sp³-hybridized carbons (Fsp3) is 0.267. The van der Waals surface area contributed by atoms with E-state index in [1.807, 2.05) is 20.8 Å². The summed E-state index contributed by atoms with van der Waals surface area (Å²) in [5.74, 6) is 0. The molecule has 1 heterocycles. The molecule has 1 aromatic carbocycles. The molecule has 1 aromatic heterocycles. The van der Waals surface area contributed by atoms with Crippen LogP contribution in [0.3, 0.4) is 0 Å². The second-order valence-electron chi connectivity index (χ2n) is 4.53. The Morgan fingerprint density at radius 1 is 1.06 bits per heavy atom. The molecule has 0 radical (unpaired) electrons. The first-order valence-corrected chi connectivity index (χ1v) is 5.02. The summed E-state index contributed by atoms with van der Waals surface area (Å²) < 4.78 is 55.3. The maximum absolute atomic E-state index is 8.13. The third kappa shape index (κ3) is 2.13. The fourth-order valence-electron chi connectivity index (χ4n) is 1.48. The first-order chi connectivity index (χ1) is 10.5. The average molecular weight is 218 g/mol. The van der Waals surface area contributed by atoms with E-state index in [-0.39, 0.29) is 29.9 Å². The average Bonchev–Trinajstić information content (AvgIpc) is 2.45. The van der Waals surface area contributed by atoms with Crippen LogP contribution < -0.4 is 0 Å². The van der Waals surface area contributed by atoms with Gasteiger partial charge in [0.15, 0.2) is 0 Å². The van der Waals surface area contributed by atoms with Gasteiger partial charge in [-0.25, -0.2) is 0 Å². The molecular formula is C15H17N. The quantitative estimate of drug-likeness (QED) is 0.703. The topological polar surface area (TPSA) is 12.9 Å². The third-order valence-corrected chi connectivity index (χ3v) is 2.23. The van der Waals surface area contributed by atoms with Gasteiger partial charge in [-0.3, -0.25) is 4.98 Å². The standard InChI is InChI=1S/C15H17N/c1-15(2,3)14-9-10-16-11-13(14)12-7-5-4-6-8-12/h4-11H,1-3H3/i4D,5D,6D,7D,8D,9D,10D. The van der Waals surface area contributed by atoms with Crippen molar-refractivity contribution in [1.29, 1.82) is 0 Å². The van der Waals surface area contributed by atoms with Crippen molar-refractivity contribution in [3.63, 3.8) is 0 Å².